The van der Waals surface area contributed by atoms with E-state index in [1.165, 1.54) is 42.6 Å². The van der Waals surface area contributed by atoms with Crippen LogP contribution in [0.15, 0.2) is 76.0 Å². The molecule has 0 aliphatic heterocycles. The van der Waals surface area contributed by atoms with Gasteiger partial charge in [-0.1, -0.05) is 87.7 Å². The van der Waals surface area contributed by atoms with Crippen LogP contribution in [0.2, 0.25) is 0 Å². The highest BCUT2D eigenvalue weighted by atomic mass is 32.2. The number of benzene rings is 3. The minimum absolute atomic E-state index is 0.0594. The average Bonchev–Trinajstić information content (AvgIpc) is 3.41. The van der Waals surface area contributed by atoms with Gasteiger partial charge < -0.3 is 9.47 Å². The summed E-state index contributed by atoms with van der Waals surface area (Å²) in [6.45, 7) is 4.27. The maximum absolute atomic E-state index is 13.5. The van der Waals surface area contributed by atoms with E-state index in [-0.39, 0.29) is 22.8 Å². The Hall–Kier alpha value is -3.08. The van der Waals surface area contributed by atoms with Gasteiger partial charge in [-0.25, -0.2) is 13.4 Å². The van der Waals surface area contributed by atoms with Crippen molar-refractivity contribution in [2.75, 3.05) is 17.1 Å². The number of carbonyl (C=O) groups is 1. The van der Waals surface area contributed by atoms with Crippen LogP contribution in [0.5, 0.6) is 11.5 Å². The first-order chi connectivity index (χ1) is 20.4. The molecule has 7 nitrogen and oxygen atoms in total. The van der Waals surface area contributed by atoms with Crippen molar-refractivity contribution in [3.05, 3.63) is 72.3 Å². The molecule has 0 spiro atoms. The summed E-state index contributed by atoms with van der Waals surface area (Å²) >= 11 is 3.22. The number of hydrogen-bond donors (Lipinski definition) is 1. The van der Waals surface area contributed by atoms with Crippen LogP contribution in [0.3, 0.4) is 0 Å². The monoisotopic (exact) mass is 626 g/mol. The van der Waals surface area contributed by atoms with Crippen molar-refractivity contribution >= 4 is 55.0 Å². The van der Waals surface area contributed by atoms with Gasteiger partial charge in [-0.3, -0.25) is 9.52 Å². The Kier molecular flexibility index (Phi) is 12.1. The number of thiazole rings is 1. The smallest absolute Gasteiger partial charge is 0.311 e. The molecule has 0 bridgehead atoms. The Morgan fingerprint density at radius 3 is 2.55 bits per heavy atom. The Bertz CT molecular complexity index is 1560. The minimum Gasteiger partial charge on any atom is -0.490 e. The highest BCUT2D eigenvalue weighted by Crippen LogP contribution is 2.38. The zero-order chi connectivity index (χ0) is 29.8. The van der Waals surface area contributed by atoms with Crippen LogP contribution >= 0.6 is 23.1 Å². The molecule has 10 heteroatoms. The number of hydrogen-bond acceptors (Lipinski definition) is 8. The van der Waals surface area contributed by atoms with Gasteiger partial charge in [-0.05, 0) is 55.2 Å². The molecule has 1 N–H and O–H groups in total. The normalized spacial score (nSPS) is 11.5. The summed E-state index contributed by atoms with van der Waals surface area (Å²) in [7, 11) is -3.99. The van der Waals surface area contributed by atoms with E-state index in [0.29, 0.717) is 12.4 Å². The molecule has 42 heavy (non-hydrogen) atoms. The Morgan fingerprint density at radius 1 is 0.952 bits per heavy atom. The van der Waals surface area contributed by atoms with Crippen molar-refractivity contribution in [3.63, 3.8) is 0 Å². The van der Waals surface area contributed by atoms with Crippen LogP contribution in [-0.4, -0.2) is 31.7 Å². The molecule has 4 aromatic rings. The van der Waals surface area contributed by atoms with Gasteiger partial charge >= 0.3 is 5.97 Å². The molecule has 0 unspecified atom stereocenters. The lowest BCUT2D eigenvalue weighted by molar-refractivity contribution is -0.134. The molecule has 3 aromatic carbocycles. The van der Waals surface area contributed by atoms with Crippen molar-refractivity contribution in [2.24, 2.45) is 0 Å². The number of unbranched alkanes of at least 4 members (excludes halogenated alkanes) is 4. The third-order valence-corrected chi connectivity index (χ3v) is 10.2. The van der Waals surface area contributed by atoms with Crippen molar-refractivity contribution in [1.82, 2.24) is 4.98 Å². The summed E-state index contributed by atoms with van der Waals surface area (Å²) in [5.41, 5.74) is 2.11. The van der Waals surface area contributed by atoms with Gasteiger partial charge in [0.25, 0.3) is 10.0 Å². The first-order valence-corrected chi connectivity index (χ1v) is 17.7. The third-order valence-electron chi connectivity index (χ3n) is 6.56. The number of anilines is 1. The number of carbonyl (C=O) groups excluding carboxylic acids is 1. The van der Waals surface area contributed by atoms with E-state index in [0.717, 1.165) is 39.6 Å². The zero-order valence-corrected chi connectivity index (χ0v) is 26.6. The molecule has 0 aliphatic rings. The number of nitrogens with zero attached hydrogens (tertiary/aromatic N) is 1. The number of aryl methyl sites for hydroxylation is 1. The third kappa shape index (κ3) is 9.21. The van der Waals surface area contributed by atoms with Crippen LogP contribution in [0.25, 0.3) is 10.2 Å². The molecule has 0 saturated heterocycles. The molecule has 0 fully saturated rings. The molecule has 0 atom stereocenters. The summed E-state index contributed by atoms with van der Waals surface area (Å²) in [6.07, 6.45) is 7.83. The second-order valence-corrected chi connectivity index (χ2v) is 13.9. The van der Waals surface area contributed by atoms with Gasteiger partial charge in [-0.15, -0.1) is 11.3 Å². The van der Waals surface area contributed by atoms with Gasteiger partial charge in [-0.2, -0.15) is 0 Å². The van der Waals surface area contributed by atoms with Gasteiger partial charge in [0.1, 0.15) is 0 Å². The number of fused-ring (bicyclic) bond motifs is 1. The van der Waals surface area contributed by atoms with Gasteiger partial charge in [0.05, 0.1) is 27.4 Å². The molecule has 0 radical (unpaired) electrons. The Balaban J connectivity index is 1.46. The number of para-hydroxylation sites is 1. The second kappa shape index (κ2) is 16.0. The molecule has 0 saturated carbocycles. The number of nitrogens with one attached hydrogen (secondary N) is 1. The largest absolute Gasteiger partial charge is 0.490 e. The van der Waals surface area contributed by atoms with Crippen LogP contribution in [0.4, 0.5) is 5.69 Å². The van der Waals surface area contributed by atoms with E-state index >= 15 is 0 Å². The van der Waals surface area contributed by atoms with E-state index in [1.807, 2.05) is 18.2 Å². The van der Waals surface area contributed by atoms with Crippen LogP contribution < -0.4 is 14.2 Å². The van der Waals surface area contributed by atoms with Crippen LogP contribution in [0.1, 0.15) is 64.4 Å². The SMILES string of the molecule is CCCCCCCSc1nc2ccc(S(=O)(=O)Nc3cccc(OCCCc4ccccc4)c3OC(=O)CC)cc2s1. The summed E-state index contributed by atoms with van der Waals surface area (Å²) in [4.78, 5) is 17.0. The van der Waals surface area contributed by atoms with Gasteiger partial charge in [0, 0.05) is 12.2 Å². The molecule has 224 valence electrons. The number of sulfonamides is 1. The van der Waals surface area contributed by atoms with Crippen molar-refractivity contribution in [2.45, 2.75) is 74.4 Å². The van der Waals surface area contributed by atoms with Crippen LogP contribution in [0, 0.1) is 0 Å². The maximum atomic E-state index is 13.5. The van der Waals surface area contributed by atoms with Gasteiger partial charge in [0.15, 0.2) is 15.8 Å². The summed E-state index contributed by atoms with van der Waals surface area (Å²) in [5, 5.41) is 0. The van der Waals surface area contributed by atoms with E-state index < -0.39 is 16.0 Å². The predicted molar refractivity (Wildman–Crippen MR) is 173 cm³/mol. The lowest BCUT2D eigenvalue weighted by Crippen LogP contribution is -2.16. The summed E-state index contributed by atoms with van der Waals surface area (Å²) in [5.74, 6) is 0.876. The van der Waals surface area contributed by atoms with Gasteiger partial charge in [0.2, 0.25) is 0 Å². The lowest BCUT2D eigenvalue weighted by atomic mass is 10.1. The highest BCUT2D eigenvalue weighted by Gasteiger charge is 2.22. The molecule has 0 amide bonds. The molecule has 1 heterocycles. The lowest BCUT2D eigenvalue weighted by Gasteiger charge is -2.16. The van der Waals surface area contributed by atoms with E-state index in [1.54, 1.807) is 55.1 Å². The number of rotatable bonds is 17. The first-order valence-electron chi connectivity index (χ1n) is 14.5. The predicted octanol–water partition coefficient (Wildman–Crippen LogP) is 8.49. The summed E-state index contributed by atoms with van der Waals surface area (Å²) in [6, 6.07) is 19.9. The quantitative estimate of drug-likeness (QED) is 0.0544. The fourth-order valence-electron chi connectivity index (χ4n) is 4.29. The fourth-order valence-corrected chi connectivity index (χ4v) is 7.63. The number of ether oxygens (including phenoxy) is 2. The number of thioether (sulfide) groups is 1. The Morgan fingerprint density at radius 2 is 1.76 bits per heavy atom. The standard InChI is InChI=1S/C32H38N2O5S3/c1-3-5-6-7-11-22-40-32-33-26-20-19-25(23-29(26)41-32)42(36,37)34-27-17-12-18-28(31(27)39-30(35)4-2)38-21-13-16-24-14-9-8-10-15-24/h8-10,12,14-15,17-20,23,34H,3-7,11,13,16,21-22H2,1-2H3. The molecule has 4 rings (SSSR count). The summed E-state index contributed by atoms with van der Waals surface area (Å²) < 4.78 is 42.8. The molecule has 0 aliphatic carbocycles. The van der Waals surface area contributed by atoms with E-state index in [2.05, 4.69) is 28.8 Å². The fraction of sp³-hybridized carbons (Fsp3) is 0.375. The second-order valence-electron chi connectivity index (χ2n) is 9.88. The van der Waals surface area contributed by atoms with Crippen LogP contribution in [-0.2, 0) is 21.2 Å². The molecular formula is C32H38N2O5S3. The van der Waals surface area contributed by atoms with E-state index in [9.17, 15) is 13.2 Å². The zero-order valence-electron chi connectivity index (χ0n) is 24.1. The minimum atomic E-state index is -3.99. The van der Waals surface area contributed by atoms with Crippen molar-refractivity contribution < 1.29 is 22.7 Å². The number of aromatic nitrogens is 1. The number of esters is 1. The first kappa shape index (κ1) is 31.8. The topological polar surface area (TPSA) is 94.6 Å². The maximum Gasteiger partial charge on any atom is 0.311 e. The van der Waals surface area contributed by atoms with E-state index in [4.69, 9.17) is 9.47 Å². The highest BCUT2D eigenvalue weighted by molar-refractivity contribution is 8.01. The van der Waals surface area contributed by atoms with Crippen molar-refractivity contribution in [3.8, 4) is 11.5 Å². The molecule has 1 aromatic heterocycles. The Labute approximate surface area is 257 Å². The average molecular weight is 627 g/mol. The van der Waals surface area contributed by atoms with Crippen molar-refractivity contribution in [1.29, 1.82) is 0 Å². The molecular weight excluding hydrogens is 589 g/mol.